The van der Waals surface area contributed by atoms with Crippen molar-refractivity contribution < 1.29 is 9.53 Å². The van der Waals surface area contributed by atoms with Gasteiger partial charge < -0.3 is 20.3 Å². The summed E-state index contributed by atoms with van der Waals surface area (Å²) in [6.07, 6.45) is 4.51. The molecule has 1 atom stereocenters. The van der Waals surface area contributed by atoms with Gasteiger partial charge in [-0.3, -0.25) is 0 Å². The molecular formula is C14H27N3O2. The molecule has 0 radical (unpaired) electrons. The minimum Gasteiger partial charge on any atom is -0.376 e. The number of likely N-dealkylation sites (tertiary alicyclic amines) is 1. The van der Waals surface area contributed by atoms with Crippen LogP contribution in [0.15, 0.2) is 0 Å². The van der Waals surface area contributed by atoms with Crippen LogP contribution in [-0.2, 0) is 4.74 Å². The van der Waals surface area contributed by atoms with E-state index in [0.29, 0.717) is 18.6 Å². The number of carbonyl (C=O) groups is 1. The van der Waals surface area contributed by atoms with E-state index in [4.69, 9.17) is 4.74 Å². The van der Waals surface area contributed by atoms with Crippen molar-refractivity contribution in [1.82, 2.24) is 15.5 Å². The number of hydrogen-bond acceptors (Lipinski definition) is 3. The van der Waals surface area contributed by atoms with Crippen molar-refractivity contribution in [1.29, 1.82) is 0 Å². The highest BCUT2D eigenvalue weighted by molar-refractivity contribution is 5.74. The normalized spacial score (nSPS) is 25.0. The van der Waals surface area contributed by atoms with Gasteiger partial charge in [0.1, 0.15) is 0 Å². The highest BCUT2D eigenvalue weighted by Gasteiger charge is 2.24. The van der Waals surface area contributed by atoms with Crippen molar-refractivity contribution in [3.63, 3.8) is 0 Å². The third-order valence-corrected chi connectivity index (χ3v) is 3.86. The molecule has 0 bridgehead atoms. The van der Waals surface area contributed by atoms with Crippen LogP contribution < -0.4 is 10.6 Å². The van der Waals surface area contributed by atoms with Crippen molar-refractivity contribution in [2.24, 2.45) is 0 Å². The number of ether oxygens (including phenoxy) is 1. The average Bonchev–Trinajstić information content (AvgIpc) is 2.89. The number of amides is 2. The monoisotopic (exact) mass is 269 g/mol. The molecule has 19 heavy (non-hydrogen) atoms. The number of carbonyl (C=O) groups excluding carboxylic acids is 1. The Morgan fingerprint density at radius 3 is 2.63 bits per heavy atom. The molecule has 2 amide bonds. The molecule has 0 aliphatic carbocycles. The van der Waals surface area contributed by atoms with Crippen LogP contribution in [-0.4, -0.2) is 55.4 Å². The van der Waals surface area contributed by atoms with Crippen LogP contribution in [0.5, 0.6) is 0 Å². The first-order chi connectivity index (χ1) is 9.15. The molecular weight excluding hydrogens is 242 g/mol. The fourth-order valence-electron chi connectivity index (χ4n) is 2.84. The van der Waals surface area contributed by atoms with Crippen molar-refractivity contribution in [3.05, 3.63) is 0 Å². The predicted octanol–water partition coefficient (Wildman–Crippen LogP) is 1.34. The topological polar surface area (TPSA) is 53.6 Å². The van der Waals surface area contributed by atoms with Gasteiger partial charge >= 0.3 is 6.03 Å². The van der Waals surface area contributed by atoms with E-state index in [-0.39, 0.29) is 12.1 Å². The summed E-state index contributed by atoms with van der Waals surface area (Å²) in [5, 5.41) is 6.53. The molecule has 2 saturated heterocycles. The lowest BCUT2D eigenvalue weighted by molar-refractivity contribution is 0.107. The Morgan fingerprint density at radius 1 is 1.32 bits per heavy atom. The van der Waals surface area contributed by atoms with Crippen LogP contribution in [0.4, 0.5) is 4.79 Å². The summed E-state index contributed by atoms with van der Waals surface area (Å²) in [5.74, 6) is 0. The Morgan fingerprint density at radius 2 is 2.05 bits per heavy atom. The number of piperidine rings is 1. The Balaban J connectivity index is 1.64. The molecule has 2 N–H and O–H groups in total. The number of nitrogens with one attached hydrogen (secondary N) is 2. The Bertz CT molecular complexity index is 282. The Hall–Kier alpha value is -0.810. The van der Waals surface area contributed by atoms with E-state index in [2.05, 4.69) is 24.5 Å². The van der Waals surface area contributed by atoms with Crippen LogP contribution in [0.1, 0.15) is 39.5 Å². The lowest BCUT2D eigenvalue weighted by Gasteiger charge is -2.33. The molecule has 0 aromatic heterocycles. The van der Waals surface area contributed by atoms with Gasteiger partial charge in [0.15, 0.2) is 0 Å². The van der Waals surface area contributed by atoms with E-state index >= 15 is 0 Å². The molecule has 2 aliphatic heterocycles. The number of rotatable bonds is 4. The molecule has 2 rings (SSSR count). The van der Waals surface area contributed by atoms with Crippen molar-refractivity contribution in [2.75, 3.05) is 26.2 Å². The summed E-state index contributed by atoms with van der Waals surface area (Å²) in [5.41, 5.74) is 0. The standard InChI is InChI=1S/C14H27N3O2/c1-11(2)16-12-5-7-17(8-6-12)14(18)15-10-13-4-3-9-19-13/h11-13,16H,3-10H2,1-2H3,(H,15,18). The van der Waals surface area contributed by atoms with Gasteiger partial charge in [-0.1, -0.05) is 13.8 Å². The molecule has 2 heterocycles. The molecule has 110 valence electrons. The first kappa shape index (κ1) is 14.6. The largest absolute Gasteiger partial charge is 0.376 e. The van der Waals surface area contributed by atoms with Gasteiger partial charge in [-0.05, 0) is 25.7 Å². The molecule has 2 aliphatic rings. The summed E-state index contributed by atoms with van der Waals surface area (Å²) < 4.78 is 5.51. The van der Waals surface area contributed by atoms with Crippen molar-refractivity contribution >= 4 is 6.03 Å². The Kier molecular flexibility index (Phi) is 5.45. The molecule has 0 spiro atoms. The van der Waals surface area contributed by atoms with Crippen molar-refractivity contribution in [3.8, 4) is 0 Å². The highest BCUT2D eigenvalue weighted by Crippen LogP contribution is 2.13. The lowest BCUT2D eigenvalue weighted by atomic mass is 10.0. The first-order valence-corrected chi connectivity index (χ1v) is 7.55. The van der Waals surface area contributed by atoms with Gasteiger partial charge in [0.25, 0.3) is 0 Å². The van der Waals surface area contributed by atoms with E-state index in [1.807, 2.05) is 4.90 Å². The van der Waals surface area contributed by atoms with Crippen molar-refractivity contribution in [2.45, 2.75) is 57.7 Å². The second-order valence-corrected chi connectivity index (χ2v) is 5.90. The average molecular weight is 269 g/mol. The molecule has 1 unspecified atom stereocenters. The molecule has 5 nitrogen and oxygen atoms in total. The Labute approximate surface area is 116 Å². The lowest BCUT2D eigenvalue weighted by Crippen LogP contribution is -2.50. The van der Waals surface area contributed by atoms with Gasteiger partial charge in [-0.2, -0.15) is 0 Å². The van der Waals surface area contributed by atoms with E-state index in [1.165, 1.54) is 0 Å². The highest BCUT2D eigenvalue weighted by atomic mass is 16.5. The van der Waals surface area contributed by atoms with Gasteiger partial charge in [0, 0.05) is 38.3 Å². The van der Waals surface area contributed by atoms with Crippen LogP contribution in [0, 0.1) is 0 Å². The second-order valence-electron chi connectivity index (χ2n) is 5.90. The molecule has 5 heteroatoms. The van der Waals surface area contributed by atoms with E-state index in [9.17, 15) is 4.79 Å². The first-order valence-electron chi connectivity index (χ1n) is 7.55. The second kappa shape index (κ2) is 7.10. The maximum absolute atomic E-state index is 12.0. The van der Waals surface area contributed by atoms with Crippen LogP contribution in [0.25, 0.3) is 0 Å². The predicted molar refractivity (Wildman–Crippen MR) is 75.2 cm³/mol. The number of nitrogens with zero attached hydrogens (tertiary/aromatic N) is 1. The zero-order chi connectivity index (χ0) is 13.7. The minimum atomic E-state index is 0.0681. The molecule has 0 aromatic carbocycles. The van der Waals surface area contributed by atoms with Gasteiger partial charge in [-0.15, -0.1) is 0 Å². The number of hydrogen-bond donors (Lipinski definition) is 2. The zero-order valence-electron chi connectivity index (χ0n) is 12.2. The van der Waals surface area contributed by atoms with E-state index in [1.54, 1.807) is 0 Å². The summed E-state index contributed by atoms with van der Waals surface area (Å²) in [6, 6.07) is 1.14. The molecule has 2 fully saturated rings. The van der Waals surface area contributed by atoms with Crippen LogP contribution in [0.3, 0.4) is 0 Å². The quantitative estimate of drug-likeness (QED) is 0.810. The van der Waals surface area contributed by atoms with Crippen LogP contribution >= 0.6 is 0 Å². The summed E-state index contributed by atoms with van der Waals surface area (Å²) >= 11 is 0. The summed E-state index contributed by atoms with van der Waals surface area (Å²) in [6.45, 7) is 7.53. The minimum absolute atomic E-state index is 0.0681. The SMILES string of the molecule is CC(C)NC1CCN(C(=O)NCC2CCCO2)CC1. The fourth-order valence-corrected chi connectivity index (χ4v) is 2.84. The molecule has 0 aromatic rings. The third-order valence-electron chi connectivity index (χ3n) is 3.86. The maximum Gasteiger partial charge on any atom is 0.317 e. The maximum atomic E-state index is 12.0. The molecule has 0 saturated carbocycles. The summed E-state index contributed by atoms with van der Waals surface area (Å²) in [7, 11) is 0. The van der Waals surface area contributed by atoms with Gasteiger partial charge in [0.05, 0.1) is 6.10 Å². The summed E-state index contributed by atoms with van der Waals surface area (Å²) in [4.78, 5) is 13.9. The van der Waals surface area contributed by atoms with Crippen LogP contribution in [0.2, 0.25) is 0 Å². The van der Waals surface area contributed by atoms with E-state index < -0.39 is 0 Å². The third kappa shape index (κ3) is 4.66. The smallest absolute Gasteiger partial charge is 0.317 e. The van der Waals surface area contributed by atoms with Gasteiger partial charge in [-0.25, -0.2) is 4.79 Å². The number of urea groups is 1. The van der Waals surface area contributed by atoms with E-state index in [0.717, 1.165) is 45.4 Å². The zero-order valence-corrected chi connectivity index (χ0v) is 12.2. The van der Waals surface area contributed by atoms with Gasteiger partial charge in [0.2, 0.25) is 0 Å². The fraction of sp³-hybridized carbons (Fsp3) is 0.929.